The van der Waals surface area contributed by atoms with Gasteiger partial charge >= 0.3 is 5.97 Å². The summed E-state index contributed by atoms with van der Waals surface area (Å²) in [7, 11) is 0. The van der Waals surface area contributed by atoms with Crippen molar-refractivity contribution in [2.75, 3.05) is 12.8 Å². The van der Waals surface area contributed by atoms with E-state index in [1.807, 2.05) is 0 Å². The number of carboxylic acids is 1. The van der Waals surface area contributed by atoms with Crippen LogP contribution in [-0.4, -0.2) is 34.8 Å². The monoisotopic (exact) mass is 293 g/mol. The van der Waals surface area contributed by atoms with Crippen molar-refractivity contribution < 1.29 is 9.90 Å². The Labute approximate surface area is 125 Å². The van der Waals surface area contributed by atoms with Crippen LogP contribution in [0.5, 0.6) is 0 Å². The van der Waals surface area contributed by atoms with Gasteiger partial charge in [0, 0.05) is 17.0 Å². The Kier molecular flexibility index (Phi) is 5.49. The lowest BCUT2D eigenvalue weighted by Gasteiger charge is -2.39. The third-order valence-electron chi connectivity index (χ3n) is 4.18. The first-order valence-corrected chi connectivity index (χ1v) is 8.45. The molecule has 4 heteroatoms. The van der Waals surface area contributed by atoms with E-state index in [0.29, 0.717) is 0 Å². The Morgan fingerprint density at radius 3 is 2.70 bits per heavy atom. The number of benzene rings is 1. The molecule has 1 heterocycles. The molecule has 20 heavy (non-hydrogen) atoms. The van der Waals surface area contributed by atoms with Gasteiger partial charge in [-0.1, -0.05) is 18.6 Å². The number of carbonyl (C=O) groups is 1. The van der Waals surface area contributed by atoms with Gasteiger partial charge in [-0.2, -0.15) is 0 Å². The van der Waals surface area contributed by atoms with E-state index in [-0.39, 0.29) is 18.5 Å². The maximum absolute atomic E-state index is 11.0. The minimum atomic E-state index is -0.688. The van der Waals surface area contributed by atoms with Gasteiger partial charge < -0.3 is 5.11 Å². The number of likely N-dealkylation sites (tertiary alicyclic amines) is 1. The van der Waals surface area contributed by atoms with Crippen molar-refractivity contribution in [1.82, 2.24) is 4.90 Å². The fraction of sp³-hybridized carbons (Fsp3) is 0.562. The van der Waals surface area contributed by atoms with Crippen LogP contribution < -0.4 is 0 Å². The molecule has 1 aromatic carbocycles. The van der Waals surface area contributed by atoms with Gasteiger partial charge in [-0.25, -0.2) is 0 Å². The summed E-state index contributed by atoms with van der Waals surface area (Å²) in [6.07, 6.45) is 5.65. The standard InChI is InChI=1S/C16H23NO2S/c1-12(13-6-8-15(20-2)9-7-13)17-10-4-3-5-14(17)11-16(18)19/h6-9,12,14H,3-5,10-11H2,1-2H3,(H,18,19). The van der Waals surface area contributed by atoms with E-state index in [2.05, 4.69) is 42.3 Å². The van der Waals surface area contributed by atoms with Crippen LogP contribution in [0, 0.1) is 0 Å². The molecule has 1 aliphatic rings. The molecule has 0 bridgehead atoms. The fourth-order valence-corrected chi connectivity index (χ4v) is 3.44. The summed E-state index contributed by atoms with van der Waals surface area (Å²) in [6, 6.07) is 9.09. The summed E-state index contributed by atoms with van der Waals surface area (Å²) in [6.45, 7) is 3.19. The van der Waals surface area contributed by atoms with Crippen molar-refractivity contribution in [3.8, 4) is 0 Å². The minimum absolute atomic E-state index is 0.177. The molecule has 1 fully saturated rings. The fourth-order valence-electron chi connectivity index (χ4n) is 3.03. The first kappa shape index (κ1) is 15.4. The molecule has 1 aliphatic heterocycles. The number of aliphatic carboxylic acids is 1. The number of hydrogen-bond acceptors (Lipinski definition) is 3. The predicted molar refractivity (Wildman–Crippen MR) is 83.2 cm³/mol. The first-order chi connectivity index (χ1) is 9.61. The van der Waals surface area contributed by atoms with Crippen LogP contribution in [0.15, 0.2) is 29.2 Å². The van der Waals surface area contributed by atoms with Crippen LogP contribution in [0.1, 0.15) is 44.2 Å². The van der Waals surface area contributed by atoms with Crippen LogP contribution in [0.2, 0.25) is 0 Å². The largest absolute Gasteiger partial charge is 0.481 e. The van der Waals surface area contributed by atoms with Crippen LogP contribution in [0.4, 0.5) is 0 Å². The van der Waals surface area contributed by atoms with Gasteiger partial charge in [-0.15, -0.1) is 11.8 Å². The highest BCUT2D eigenvalue weighted by atomic mass is 32.2. The molecule has 110 valence electrons. The van der Waals surface area contributed by atoms with Crippen molar-refractivity contribution in [2.45, 2.75) is 49.6 Å². The minimum Gasteiger partial charge on any atom is -0.481 e. The van der Waals surface area contributed by atoms with Crippen molar-refractivity contribution in [3.63, 3.8) is 0 Å². The number of piperidine rings is 1. The second-order valence-corrected chi connectivity index (χ2v) is 6.31. The van der Waals surface area contributed by atoms with Gasteiger partial charge in [-0.05, 0) is 50.3 Å². The molecule has 1 aromatic rings. The summed E-state index contributed by atoms with van der Waals surface area (Å²) in [5, 5.41) is 9.07. The normalized spacial score (nSPS) is 21.6. The average Bonchev–Trinajstić information content (AvgIpc) is 2.46. The first-order valence-electron chi connectivity index (χ1n) is 7.23. The van der Waals surface area contributed by atoms with Gasteiger partial charge in [0.2, 0.25) is 0 Å². The molecule has 2 atom stereocenters. The Morgan fingerprint density at radius 2 is 2.10 bits per heavy atom. The Morgan fingerprint density at radius 1 is 1.40 bits per heavy atom. The van der Waals surface area contributed by atoms with E-state index in [1.165, 1.54) is 16.9 Å². The molecule has 1 saturated heterocycles. The van der Waals surface area contributed by atoms with Crippen LogP contribution in [0.25, 0.3) is 0 Å². The summed E-state index contributed by atoms with van der Waals surface area (Å²) in [5.74, 6) is -0.688. The zero-order chi connectivity index (χ0) is 14.5. The maximum atomic E-state index is 11.0. The summed E-state index contributed by atoms with van der Waals surface area (Å²) >= 11 is 1.74. The Bertz CT molecular complexity index is 446. The predicted octanol–water partition coefficient (Wildman–Crippen LogP) is 3.80. The van der Waals surface area contributed by atoms with E-state index in [0.717, 1.165) is 19.4 Å². The number of nitrogens with zero attached hydrogens (tertiary/aromatic N) is 1. The van der Waals surface area contributed by atoms with Gasteiger partial charge in [0.05, 0.1) is 6.42 Å². The van der Waals surface area contributed by atoms with Crippen LogP contribution in [-0.2, 0) is 4.79 Å². The van der Waals surface area contributed by atoms with Crippen LogP contribution >= 0.6 is 11.8 Å². The molecule has 0 aromatic heterocycles. The second-order valence-electron chi connectivity index (χ2n) is 5.43. The highest BCUT2D eigenvalue weighted by Gasteiger charge is 2.28. The average molecular weight is 293 g/mol. The van der Waals surface area contributed by atoms with Gasteiger partial charge in [0.1, 0.15) is 0 Å². The molecule has 0 aliphatic carbocycles. The molecule has 0 saturated carbocycles. The number of carboxylic acid groups (broad SMARTS) is 1. The van der Waals surface area contributed by atoms with Gasteiger partial charge in [0.25, 0.3) is 0 Å². The Hall–Kier alpha value is -1.00. The molecule has 0 amide bonds. The lowest BCUT2D eigenvalue weighted by atomic mass is 9.95. The van der Waals surface area contributed by atoms with Crippen molar-refractivity contribution in [3.05, 3.63) is 29.8 Å². The molecule has 1 N–H and O–H groups in total. The number of hydrogen-bond donors (Lipinski definition) is 1. The van der Waals surface area contributed by atoms with E-state index in [9.17, 15) is 4.79 Å². The van der Waals surface area contributed by atoms with E-state index < -0.39 is 5.97 Å². The third kappa shape index (κ3) is 3.76. The highest BCUT2D eigenvalue weighted by Crippen LogP contribution is 2.30. The topological polar surface area (TPSA) is 40.5 Å². The molecule has 0 radical (unpaired) electrons. The molecule has 3 nitrogen and oxygen atoms in total. The summed E-state index contributed by atoms with van der Waals surface area (Å²) in [4.78, 5) is 14.7. The lowest BCUT2D eigenvalue weighted by molar-refractivity contribution is -0.139. The van der Waals surface area contributed by atoms with E-state index in [1.54, 1.807) is 11.8 Å². The zero-order valence-electron chi connectivity index (χ0n) is 12.2. The quantitative estimate of drug-likeness (QED) is 0.838. The molecule has 2 rings (SSSR count). The van der Waals surface area contributed by atoms with Crippen molar-refractivity contribution in [1.29, 1.82) is 0 Å². The van der Waals surface area contributed by atoms with Gasteiger partial charge in [-0.3, -0.25) is 9.69 Å². The maximum Gasteiger partial charge on any atom is 0.304 e. The second kappa shape index (κ2) is 7.14. The highest BCUT2D eigenvalue weighted by molar-refractivity contribution is 7.98. The van der Waals surface area contributed by atoms with E-state index >= 15 is 0 Å². The van der Waals surface area contributed by atoms with E-state index in [4.69, 9.17) is 5.11 Å². The summed E-state index contributed by atoms with van der Waals surface area (Å²) < 4.78 is 0. The van der Waals surface area contributed by atoms with Crippen molar-refractivity contribution >= 4 is 17.7 Å². The van der Waals surface area contributed by atoms with Crippen molar-refractivity contribution in [2.24, 2.45) is 0 Å². The number of rotatable bonds is 5. The summed E-state index contributed by atoms with van der Waals surface area (Å²) in [5.41, 5.74) is 1.28. The molecule has 2 unspecified atom stereocenters. The third-order valence-corrected chi connectivity index (χ3v) is 4.92. The van der Waals surface area contributed by atoms with Crippen LogP contribution in [0.3, 0.4) is 0 Å². The number of thioether (sulfide) groups is 1. The molecular weight excluding hydrogens is 270 g/mol. The smallest absolute Gasteiger partial charge is 0.304 e. The Balaban J connectivity index is 2.11. The molecular formula is C16H23NO2S. The lowest BCUT2D eigenvalue weighted by Crippen LogP contribution is -2.42. The molecule has 0 spiro atoms. The SMILES string of the molecule is CSc1ccc(C(C)N2CCCCC2CC(=O)O)cc1. The van der Waals surface area contributed by atoms with Gasteiger partial charge in [0.15, 0.2) is 0 Å². The zero-order valence-corrected chi connectivity index (χ0v) is 13.0.